The van der Waals surface area contributed by atoms with Crippen LogP contribution in [0.3, 0.4) is 0 Å². The van der Waals surface area contributed by atoms with Gasteiger partial charge in [0.1, 0.15) is 11.5 Å². The number of rotatable bonds is 8. The number of carbonyl (C=O) groups is 2. The van der Waals surface area contributed by atoms with Gasteiger partial charge in [-0.3, -0.25) is 9.59 Å². The molecule has 0 bridgehead atoms. The van der Waals surface area contributed by atoms with Crippen LogP contribution >= 0.6 is 11.8 Å². The second kappa shape index (κ2) is 12.0. The van der Waals surface area contributed by atoms with Gasteiger partial charge in [-0.2, -0.15) is 0 Å². The fourth-order valence-electron chi connectivity index (χ4n) is 3.51. The normalized spacial score (nSPS) is 11.1. The van der Waals surface area contributed by atoms with Gasteiger partial charge in [0, 0.05) is 21.9 Å². The Bertz CT molecular complexity index is 1400. The molecule has 0 aliphatic heterocycles. The first-order valence-corrected chi connectivity index (χ1v) is 12.4. The summed E-state index contributed by atoms with van der Waals surface area (Å²) in [7, 11) is 0. The molecule has 6 heteroatoms. The summed E-state index contributed by atoms with van der Waals surface area (Å²) in [4.78, 5) is 26.9. The molecule has 4 nitrogen and oxygen atoms in total. The summed E-state index contributed by atoms with van der Waals surface area (Å²) in [6.07, 6.45) is 1.65. The third-order valence-electron chi connectivity index (χ3n) is 5.33. The number of thioether (sulfide) groups is 1. The van der Waals surface area contributed by atoms with Crippen LogP contribution in [-0.2, 0) is 10.5 Å². The Hall–Kier alpha value is -4.16. The summed E-state index contributed by atoms with van der Waals surface area (Å²) in [5.74, 6) is -0.596. The maximum atomic E-state index is 14.0. The molecular weight excluding hydrogens is 471 g/mol. The van der Waals surface area contributed by atoms with Gasteiger partial charge < -0.3 is 10.6 Å². The van der Waals surface area contributed by atoms with E-state index in [1.807, 2.05) is 55.5 Å². The summed E-state index contributed by atoms with van der Waals surface area (Å²) in [6.45, 7) is 1.96. The molecule has 0 aliphatic carbocycles. The first-order valence-electron chi connectivity index (χ1n) is 11.4. The highest BCUT2D eigenvalue weighted by atomic mass is 32.2. The van der Waals surface area contributed by atoms with Crippen molar-refractivity contribution in [3.63, 3.8) is 0 Å². The van der Waals surface area contributed by atoms with Gasteiger partial charge in [0.05, 0.1) is 0 Å². The summed E-state index contributed by atoms with van der Waals surface area (Å²) in [5.41, 5.74) is 3.60. The van der Waals surface area contributed by atoms with Crippen LogP contribution < -0.4 is 10.6 Å². The van der Waals surface area contributed by atoms with Crippen LogP contribution in [-0.4, -0.2) is 11.8 Å². The van der Waals surface area contributed by atoms with Crippen LogP contribution in [0, 0.1) is 12.7 Å². The Kier molecular flexibility index (Phi) is 8.32. The number of hydrogen-bond acceptors (Lipinski definition) is 3. The molecule has 4 rings (SSSR count). The predicted molar refractivity (Wildman–Crippen MR) is 144 cm³/mol. The van der Waals surface area contributed by atoms with Crippen molar-refractivity contribution < 1.29 is 14.0 Å². The highest BCUT2D eigenvalue weighted by molar-refractivity contribution is 7.98. The quantitative estimate of drug-likeness (QED) is 0.207. The molecule has 0 fully saturated rings. The molecule has 0 aliphatic rings. The lowest BCUT2D eigenvalue weighted by Crippen LogP contribution is -2.30. The first kappa shape index (κ1) is 24.9. The van der Waals surface area contributed by atoms with Gasteiger partial charge in [-0.05, 0) is 60.5 Å². The number of carbonyl (C=O) groups excluding carboxylic acids is 2. The number of hydrogen-bond donors (Lipinski definition) is 2. The standard InChI is InChI=1S/C30H25FN2O2S/c1-21-9-7-10-22(17-21)18-28(33-29(34)23-11-3-2-4-12-23)30(35)32-25-14-8-15-26(19-25)36-20-24-13-5-6-16-27(24)31/h2-19H,20H2,1H3,(H,32,35)(H,33,34)/b28-18+. The van der Waals surface area contributed by atoms with Crippen LogP contribution in [0.25, 0.3) is 6.08 Å². The SMILES string of the molecule is Cc1cccc(/C=C(/NC(=O)c2ccccc2)C(=O)Nc2cccc(SCc3ccccc3F)c2)c1. The van der Waals surface area contributed by atoms with Crippen molar-refractivity contribution in [2.24, 2.45) is 0 Å². The second-order valence-electron chi connectivity index (χ2n) is 8.15. The minimum absolute atomic E-state index is 0.124. The van der Waals surface area contributed by atoms with Crippen LogP contribution in [0.15, 0.2) is 114 Å². The van der Waals surface area contributed by atoms with Gasteiger partial charge in [0.25, 0.3) is 11.8 Å². The van der Waals surface area contributed by atoms with Gasteiger partial charge >= 0.3 is 0 Å². The van der Waals surface area contributed by atoms with E-state index in [0.29, 0.717) is 22.6 Å². The Morgan fingerprint density at radius 2 is 1.61 bits per heavy atom. The van der Waals surface area contributed by atoms with E-state index in [1.54, 1.807) is 54.6 Å². The van der Waals surface area contributed by atoms with Crippen molar-refractivity contribution in [1.29, 1.82) is 0 Å². The van der Waals surface area contributed by atoms with Crippen LogP contribution in [0.1, 0.15) is 27.0 Å². The van der Waals surface area contributed by atoms with Gasteiger partial charge in [0.15, 0.2) is 0 Å². The lowest BCUT2D eigenvalue weighted by atomic mass is 10.1. The maximum Gasteiger partial charge on any atom is 0.272 e. The molecular formula is C30H25FN2O2S. The highest BCUT2D eigenvalue weighted by Crippen LogP contribution is 2.26. The van der Waals surface area contributed by atoms with E-state index in [0.717, 1.165) is 16.0 Å². The van der Waals surface area contributed by atoms with Crippen molar-refractivity contribution in [3.8, 4) is 0 Å². The van der Waals surface area contributed by atoms with Crippen molar-refractivity contribution in [3.05, 3.63) is 137 Å². The van der Waals surface area contributed by atoms with E-state index in [1.165, 1.54) is 17.8 Å². The van der Waals surface area contributed by atoms with Crippen LogP contribution in [0.5, 0.6) is 0 Å². The average molecular weight is 497 g/mol. The van der Waals surface area contributed by atoms with E-state index < -0.39 is 5.91 Å². The average Bonchev–Trinajstić information content (AvgIpc) is 2.88. The van der Waals surface area contributed by atoms with Crippen molar-refractivity contribution >= 4 is 35.3 Å². The molecule has 180 valence electrons. The minimum Gasteiger partial charge on any atom is -0.321 e. The molecule has 2 amide bonds. The fourth-order valence-corrected chi connectivity index (χ4v) is 4.45. The Balaban J connectivity index is 1.52. The molecule has 0 heterocycles. The largest absolute Gasteiger partial charge is 0.321 e. The second-order valence-corrected chi connectivity index (χ2v) is 9.20. The van der Waals surface area contributed by atoms with Gasteiger partial charge in [-0.15, -0.1) is 11.8 Å². The number of aryl methyl sites for hydroxylation is 1. The molecule has 0 radical (unpaired) electrons. The first-order chi connectivity index (χ1) is 17.5. The molecule has 0 spiro atoms. The van der Waals surface area contributed by atoms with E-state index in [4.69, 9.17) is 0 Å². The Morgan fingerprint density at radius 3 is 2.39 bits per heavy atom. The summed E-state index contributed by atoms with van der Waals surface area (Å²) in [5, 5.41) is 5.63. The van der Waals surface area contributed by atoms with Gasteiger partial charge in [0.2, 0.25) is 0 Å². The fraction of sp³-hybridized carbons (Fsp3) is 0.0667. The lowest BCUT2D eigenvalue weighted by molar-refractivity contribution is -0.113. The molecule has 2 N–H and O–H groups in total. The summed E-state index contributed by atoms with van der Waals surface area (Å²) in [6, 6.07) is 30.4. The number of nitrogens with one attached hydrogen (secondary N) is 2. The molecule has 0 saturated carbocycles. The van der Waals surface area contributed by atoms with Crippen molar-refractivity contribution in [2.45, 2.75) is 17.6 Å². The molecule has 36 heavy (non-hydrogen) atoms. The van der Waals surface area contributed by atoms with Crippen molar-refractivity contribution in [2.75, 3.05) is 5.32 Å². The zero-order valence-corrected chi connectivity index (χ0v) is 20.5. The molecule has 0 atom stereocenters. The molecule has 0 aromatic heterocycles. The van der Waals surface area contributed by atoms with E-state index in [9.17, 15) is 14.0 Å². The Morgan fingerprint density at radius 1 is 0.861 bits per heavy atom. The smallest absolute Gasteiger partial charge is 0.272 e. The zero-order chi connectivity index (χ0) is 25.3. The number of halogens is 1. The highest BCUT2D eigenvalue weighted by Gasteiger charge is 2.15. The third-order valence-corrected chi connectivity index (χ3v) is 6.37. The minimum atomic E-state index is -0.447. The lowest BCUT2D eigenvalue weighted by Gasteiger charge is -2.12. The summed E-state index contributed by atoms with van der Waals surface area (Å²) >= 11 is 1.47. The number of benzene rings is 4. The topological polar surface area (TPSA) is 58.2 Å². The van der Waals surface area contributed by atoms with Crippen LogP contribution in [0.2, 0.25) is 0 Å². The molecule has 0 saturated heterocycles. The van der Waals surface area contributed by atoms with E-state index in [-0.39, 0.29) is 17.4 Å². The van der Waals surface area contributed by atoms with Crippen LogP contribution in [0.4, 0.5) is 10.1 Å². The van der Waals surface area contributed by atoms with E-state index in [2.05, 4.69) is 10.6 Å². The van der Waals surface area contributed by atoms with E-state index >= 15 is 0 Å². The molecule has 4 aromatic rings. The molecule has 0 unspecified atom stereocenters. The third kappa shape index (κ3) is 6.93. The zero-order valence-electron chi connectivity index (χ0n) is 19.7. The summed E-state index contributed by atoms with van der Waals surface area (Å²) < 4.78 is 14.0. The predicted octanol–water partition coefficient (Wildman–Crippen LogP) is 6.84. The van der Waals surface area contributed by atoms with Crippen molar-refractivity contribution in [1.82, 2.24) is 5.32 Å². The van der Waals surface area contributed by atoms with Gasteiger partial charge in [-0.25, -0.2) is 4.39 Å². The molecule has 4 aromatic carbocycles. The number of anilines is 1. The maximum absolute atomic E-state index is 14.0. The van der Waals surface area contributed by atoms with Gasteiger partial charge in [-0.1, -0.05) is 72.3 Å². The monoisotopic (exact) mass is 496 g/mol. The Labute approximate surface area is 214 Å². The number of amides is 2.